The summed E-state index contributed by atoms with van der Waals surface area (Å²) in [5.74, 6) is 0.249. The van der Waals surface area contributed by atoms with Gasteiger partial charge in [-0.05, 0) is 37.6 Å². The molecule has 4 heteroatoms. The van der Waals surface area contributed by atoms with Gasteiger partial charge in [0.2, 0.25) is 11.8 Å². The summed E-state index contributed by atoms with van der Waals surface area (Å²) in [6.45, 7) is 1.29. The van der Waals surface area contributed by atoms with Crippen LogP contribution in [0, 0.1) is 17.3 Å². The van der Waals surface area contributed by atoms with Gasteiger partial charge < -0.3 is 5.73 Å². The van der Waals surface area contributed by atoms with E-state index >= 15 is 0 Å². The van der Waals surface area contributed by atoms with E-state index in [1.807, 2.05) is 0 Å². The van der Waals surface area contributed by atoms with E-state index < -0.39 is 0 Å². The third-order valence-electron chi connectivity index (χ3n) is 4.08. The fourth-order valence-electron chi connectivity index (χ4n) is 2.71. The zero-order valence-electron chi connectivity index (χ0n) is 8.74. The highest BCUT2D eigenvalue weighted by atomic mass is 16.2. The van der Waals surface area contributed by atoms with Gasteiger partial charge in [-0.1, -0.05) is 0 Å². The second-order valence-corrected chi connectivity index (χ2v) is 5.25. The van der Waals surface area contributed by atoms with Crippen molar-refractivity contribution < 1.29 is 9.59 Å². The van der Waals surface area contributed by atoms with Crippen molar-refractivity contribution in [1.82, 2.24) is 4.90 Å². The predicted molar refractivity (Wildman–Crippen MR) is 53.7 cm³/mol. The van der Waals surface area contributed by atoms with Crippen molar-refractivity contribution in [3.63, 3.8) is 0 Å². The van der Waals surface area contributed by atoms with Crippen molar-refractivity contribution in [2.45, 2.75) is 25.7 Å². The predicted octanol–water partition coefficient (Wildman–Crippen LogP) is 0.120. The van der Waals surface area contributed by atoms with Crippen LogP contribution >= 0.6 is 0 Å². The lowest BCUT2D eigenvalue weighted by Crippen LogP contribution is -2.38. The van der Waals surface area contributed by atoms with Crippen LogP contribution < -0.4 is 5.73 Å². The van der Waals surface area contributed by atoms with E-state index in [4.69, 9.17) is 5.73 Å². The molecule has 2 unspecified atom stereocenters. The van der Waals surface area contributed by atoms with Crippen LogP contribution in [-0.2, 0) is 9.59 Å². The number of likely N-dealkylation sites (tertiary alicyclic amines) is 1. The first-order valence-corrected chi connectivity index (χ1v) is 5.72. The summed E-state index contributed by atoms with van der Waals surface area (Å²) in [7, 11) is 0. The molecule has 0 aromatic carbocycles. The average Bonchev–Trinajstić information content (AvgIpc) is 3.07. The monoisotopic (exact) mass is 208 g/mol. The molecule has 3 rings (SSSR count). The summed E-state index contributed by atoms with van der Waals surface area (Å²) in [5.41, 5.74) is 5.74. The van der Waals surface area contributed by atoms with Crippen molar-refractivity contribution >= 4 is 11.8 Å². The Balaban J connectivity index is 1.69. The SMILES string of the molecule is NCCC1(CN2C(=O)C3CC3C2=O)CC1. The Bertz CT molecular complexity index is 315. The molecule has 2 aliphatic carbocycles. The van der Waals surface area contributed by atoms with Crippen LogP contribution in [0.5, 0.6) is 0 Å². The normalized spacial score (nSPS) is 35.7. The number of nitrogens with two attached hydrogens (primary N) is 1. The first kappa shape index (κ1) is 9.33. The molecular formula is C11H16N2O2. The molecule has 15 heavy (non-hydrogen) atoms. The summed E-state index contributed by atoms with van der Waals surface area (Å²) in [4.78, 5) is 25.0. The van der Waals surface area contributed by atoms with Gasteiger partial charge in [-0.15, -0.1) is 0 Å². The summed E-state index contributed by atoms with van der Waals surface area (Å²) in [6.07, 6.45) is 3.99. The summed E-state index contributed by atoms with van der Waals surface area (Å²) < 4.78 is 0. The summed E-state index contributed by atoms with van der Waals surface area (Å²) in [5, 5.41) is 0. The highest BCUT2D eigenvalue weighted by Crippen LogP contribution is 2.53. The lowest BCUT2D eigenvalue weighted by molar-refractivity contribution is -0.142. The van der Waals surface area contributed by atoms with E-state index in [2.05, 4.69) is 0 Å². The molecule has 0 bridgehead atoms. The molecule has 1 saturated heterocycles. The van der Waals surface area contributed by atoms with E-state index in [0.29, 0.717) is 13.1 Å². The molecule has 3 fully saturated rings. The first-order chi connectivity index (χ1) is 7.17. The summed E-state index contributed by atoms with van der Waals surface area (Å²) in [6, 6.07) is 0. The van der Waals surface area contributed by atoms with Crippen LogP contribution in [0.1, 0.15) is 25.7 Å². The minimum atomic E-state index is 0.0474. The Hall–Kier alpha value is -0.900. The highest BCUT2D eigenvalue weighted by molar-refractivity contribution is 6.08. The fourth-order valence-corrected chi connectivity index (χ4v) is 2.71. The zero-order chi connectivity index (χ0) is 10.6. The minimum Gasteiger partial charge on any atom is -0.330 e. The minimum absolute atomic E-state index is 0.0474. The number of hydrogen-bond donors (Lipinski definition) is 1. The molecule has 1 heterocycles. The van der Waals surface area contributed by atoms with Gasteiger partial charge in [-0.2, -0.15) is 0 Å². The van der Waals surface area contributed by atoms with Crippen LogP contribution in [0.4, 0.5) is 0 Å². The molecule has 2 saturated carbocycles. The quantitative estimate of drug-likeness (QED) is 0.667. The van der Waals surface area contributed by atoms with Gasteiger partial charge in [-0.3, -0.25) is 14.5 Å². The number of fused-ring (bicyclic) bond motifs is 1. The van der Waals surface area contributed by atoms with E-state index in [-0.39, 0.29) is 29.1 Å². The van der Waals surface area contributed by atoms with Crippen molar-refractivity contribution in [3.8, 4) is 0 Å². The Morgan fingerprint density at radius 2 is 1.87 bits per heavy atom. The maximum Gasteiger partial charge on any atom is 0.233 e. The second-order valence-electron chi connectivity index (χ2n) is 5.25. The summed E-state index contributed by atoms with van der Waals surface area (Å²) >= 11 is 0. The smallest absolute Gasteiger partial charge is 0.233 e. The Morgan fingerprint density at radius 3 is 2.33 bits per heavy atom. The van der Waals surface area contributed by atoms with Gasteiger partial charge >= 0.3 is 0 Å². The molecule has 2 atom stereocenters. The third kappa shape index (κ3) is 1.31. The van der Waals surface area contributed by atoms with Crippen LogP contribution in [0.3, 0.4) is 0 Å². The number of imide groups is 1. The van der Waals surface area contributed by atoms with Crippen LogP contribution in [-0.4, -0.2) is 29.8 Å². The Labute approximate surface area is 88.8 Å². The number of hydrogen-bond acceptors (Lipinski definition) is 3. The van der Waals surface area contributed by atoms with Gasteiger partial charge in [0.15, 0.2) is 0 Å². The first-order valence-electron chi connectivity index (χ1n) is 5.72. The molecule has 82 valence electrons. The van der Waals surface area contributed by atoms with Crippen LogP contribution in [0.25, 0.3) is 0 Å². The number of piperidine rings is 1. The number of carbonyl (C=O) groups excluding carboxylic acids is 2. The molecule has 2 N–H and O–H groups in total. The molecule has 0 aromatic rings. The topological polar surface area (TPSA) is 63.4 Å². The average molecular weight is 208 g/mol. The molecule has 2 amide bonds. The van der Waals surface area contributed by atoms with Crippen molar-refractivity contribution in [3.05, 3.63) is 0 Å². The van der Waals surface area contributed by atoms with Gasteiger partial charge in [0.1, 0.15) is 0 Å². The molecule has 1 aliphatic heterocycles. The fraction of sp³-hybridized carbons (Fsp3) is 0.818. The molecule has 0 spiro atoms. The maximum absolute atomic E-state index is 11.7. The van der Waals surface area contributed by atoms with Gasteiger partial charge in [-0.25, -0.2) is 0 Å². The van der Waals surface area contributed by atoms with Crippen molar-refractivity contribution in [2.24, 2.45) is 23.0 Å². The molecule has 0 radical (unpaired) electrons. The van der Waals surface area contributed by atoms with E-state index in [9.17, 15) is 9.59 Å². The third-order valence-corrected chi connectivity index (χ3v) is 4.08. The Kier molecular flexibility index (Phi) is 1.75. The maximum atomic E-state index is 11.7. The lowest BCUT2D eigenvalue weighted by Gasteiger charge is -2.22. The van der Waals surface area contributed by atoms with Gasteiger partial charge in [0.05, 0.1) is 11.8 Å². The molecule has 4 nitrogen and oxygen atoms in total. The largest absolute Gasteiger partial charge is 0.330 e. The van der Waals surface area contributed by atoms with Crippen molar-refractivity contribution in [2.75, 3.05) is 13.1 Å². The standard InChI is InChI=1S/C11H16N2O2/c12-4-3-11(1-2-11)6-13-9(14)7-5-8(7)10(13)15/h7-8H,1-6,12H2. The number of rotatable bonds is 4. The van der Waals surface area contributed by atoms with Gasteiger partial charge in [0, 0.05) is 6.54 Å². The van der Waals surface area contributed by atoms with E-state index in [0.717, 1.165) is 25.7 Å². The lowest BCUT2D eigenvalue weighted by atomic mass is 10.0. The molecular weight excluding hydrogens is 192 g/mol. The van der Waals surface area contributed by atoms with E-state index in [1.165, 1.54) is 4.90 Å². The number of nitrogens with zero attached hydrogens (tertiary/aromatic N) is 1. The van der Waals surface area contributed by atoms with Crippen LogP contribution in [0.15, 0.2) is 0 Å². The Morgan fingerprint density at radius 1 is 1.27 bits per heavy atom. The van der Waals surface area contributed by atoms with Crippen molar-refractivity contribution in [1.29, 1.82) is 0 Å². The van der Waals surface area contributed by atoms with E-state index in [1.54, 1.807) is 0 Å². The number of amides is 2. The highest BCUT2D eigenvalue weighted by Gasteiger charge is 2.60. The van der Waals surface area contributed by atoms with Gasteiger partial charge in [0.25, 0.3) is 0 Å². The molecule has 3 aliphatic rings. The van der Waals surface area contributed by atoms with Crippen LogP contribution in [0.2, 0.25) is 0 Å². The second kappa shape index (κ2) is 2.82. The number of carbonyl (C=O) groups is 2. The molecule has 0 aromatic heterocycles. The zero-order valence-corrected chi connectivity index (χ0v) is 8.74.